The fraction of sp³-hybridized carbons (Fsp3) is 0.269. The van der Waals surface area contributed by atoms with Gasteiger partial charge in [-0.15, -0.1) is 0 Å². The van der Waals surface area contributed by atoms with E-state index in [4.69, 9.17) is 14.6 Å². The third-order valence-corrected chi connectivity index (χ3v) is 4.93. The van der Waals surface area contributed by atoms with Crippen LogP contribution in [-0.2, 0) is 11.2 Å². The van der Waals surface area contributed by atoms with E-state index in [2.05, 4.69) is 18.7 Å². The van der Waals surface area contributed by atoms with Crippen molar-refractivity contribution < 1.29 is 19.4 Å². The topological polar surface area (TPSA) is 55.8 Å². The van der Waals surface area contributed by atoms with Crippen LogP contribution in [0.15, 0.2) is 90.7 Å². The van der Waals surface area contributed by atoms with Crippen molar-refractivity contribution in [1.82, 2.24) is 0 Å². The van der Waals surface area contributed by atoms with Crippen LogP contribution in [0.5, 0.6) is 11.5 Å². The van der Waals surface area contributed by atoms with E-state index in [1.807, 2.05) is 60.7 Å². The maximum Gasteiger partial charge on any atom is 0.303 e. The summed E-state index contributed by atoms with van der Waals surface area (Å²) in [6.07, 6.45) is 10.2. The smallest absolute Gasteiger partial charge is 0.303 e. The molecule has 1 aliphatic carbocycles. The van der Waals surface area contributed by atoms with E-state index in [0.29, 0.717) is 12.8 Å². The van der Waals surface area contributed by atoms with Gasteiger partial charge in [-0.05, 0) is 67.2 Å². The molecule has 156 valence electrons. The first-order chi connectivity index (χ1) is 14.6. The predicted octanol–water partition coefficient (Wildman–Crippen LogP) is 6.10. The van der Waals surface area contributed by atoms with E-state index >= 15 is 0 Å². The maximum atomic E-state index is 10.7. The Morgan fingerprint density at radius 3 is 2.57 bits per heavy atom. The largest absolute Gasteiger partial charge is 0.486 e. The summed E-state index contributed by atoms with van der Waals surface area (Å²) < 4.78 is 12.2. The maximum absolute atomic E-state index is 10.7. The number of aliphatic carboxylic acids is 1. The third kappa shape index (κ3) is 6.96. The second-order valence-corrected chi connectivity index (χ2v) is 7.34. The quantitative estimate of drug-likeness (QED) is 0.606. The SMILES string of the molecule is C=C1/C=C\C/C(Oc2ccccc2)=C\CCCC1Oc1ccc(CCC(=O)O)cc1. The van der Waals surface area contributed by atoms with Crippen molar-refractivity contribution in [3.8, 4) is 11.5 Å². The zero-order chi connectivity index (χ0) is 21.2. The van der Waals surface area contributed by atoms with E-state index in [-0.39, 0.29) is 12.5 Å². The summed E-state index contributed by atoms with van der Waals surface area (Å²) in [5.41, 5.74) is 1.93. The van der Waals surface area contributed by atoms with Crippen molar-refractivity contribution in [1.29, 1.82) is 0 Å². The molecule has 4 heteroatoms. The van der Waals surface area contributed by atoms with Gasteiger partial charge in [0.25, 0.3) is 0 Å². The van der Waals surface area contributed by atoms with Gasteiger partial charge in [-0.25, -0.2) is 0 Å². The molecular formula is C26H28O4. The average molecular weight is 405 g/mol. The van der Waals surface area contributed by atoms with Gasteiger partial charge in [-0.1, -0.05) is 49.1 Å². The van der Waals surface area contributed by atoms with Crippen LogP contribution in [0, 0.1) is 0 Å². The third-order valence-electron chi connectivity index (χ3n) is 4.93. The van der Waals surface area contributed by atoms with Gasteiger partial charge >= 0.3 is 5.97 Å². The van der Waals surface area contributed by atoms with Crippen molar-refractivity contribution in [3.05, 3.63) is 96.3 Å². The van der Waals surface area contributed by atoms with Gasteiger partial charge in [0.15, 0.2) is 0 Å². The van der Waals surface area contributed by atoms with Crippen molar-refractivity contribution in [2.24, 2.45) is 0 Å². The number of benzene rings is 2. The second kappa shape index (κ2) is 11.1. The first kappa shape index (κ1) is 21.4. The number of ether oxygens (including phenoxy) is 2. The number of hydrogen-bond acceptors (Lipinski definition) is 3. The molecule has 30 heavy (non-hydrogen) atoms. The minimum absolute atomic E-state index is 0.0869. The van der Waals surface area contributed by atoms with Gasteiger partial charge < -0.3 is 14.6 Å². The Kier molecular flexibility index (Phi) is 7.90. The van der Waals surface area contributed by atoms with Gasteiger partial charge in [0.05, 0.1) is 0 Å². The molecule has 0 aliphatic heterocycles. The molecule has 0 saturated heterocycles. The highest BCUT2D eigenvalue weighted by Gasteiger charge is 2.14. The van der Waals surface area contributed by atoms with Gasteiger partial charge in [0.1, 0.15) is 23.4 Å². The Labute approximate surface area is 178 Å². The zero-order valence-corrected chi connectivity index (χ0v) is 17.1. The molecule has 0 bridgehead atoms. The highest BCUT2D eigenvalue weighted by Crippen LogP contribution is 2.23. The van der Waals surface area contributed by atoms with Crippen molar-refractivity contribution in [2.75, 3.05) is 0 Å². The average Bonchev–Trinajstić information content (AvgIpc) is 2.75. The Hall–Kier alpha value is -3.27. The molecule has 0 saturated carbocycles. The van der Waals surface area contributed by atoms with Crippen molar-refractivity contribution >= 4 is 5.97 Å². The lowest BCUT2D eigenvalue weighted by Gasteiger charge is -2.21. The number of carboxylic acids is 1. The molecule has 4 nitrogen and oxygen atoms in total. The molecule has 0 fully saturated rings. The zero-order valence-electron chi connectivity index (χ0n) is 17.1. The minimum atomic E-state index is -0.786. The van der Waals surface area contributed by atoms with Crippen LogP contribution in [0.4, 0.5) is 0 Å². The molecule has 1 N–H and O–H groups in total. The molecule has 2 aromatic carbocycles. The summed E-state index contributed by atoms with van der Waals surface area (Å²) in [6, 6.07) is 17.5. The Bertz CT molecular complexity index is 894. The molecule has 1 unspecified atom stereocenters. The fourth-order valence-corrected chi connectivity index (χ4v) is 3.28. The molecule has 3 rings (SSSR count). The van der Waals surface area contributed by atoms with Gasteiger partial charge in [0, 0.05) is 12.8 Å². The van der Waals surface area contributed by atoms with Crippen LogP contribution in [0.3, 0.4) is 0 Å². The normalized spacial score (nSPS) is 19.9. The van der Waals surface area contributed by atoms with E-state index in [9.17, 15) is 4.79 Å². The molecule has 1 atom stereocenters. The van der Waals surface area contributed by atoms with Crippen LogP contribution < -0.4 is 9.47 Å². The molecule has 0 spiro atoms. The number of hydrogen-bond donors (Lipinski definition) is 1. The monoisotopic (exact) mass is 404 g/mol. The van der Waals surface area contributed by atoms with Gasteiger partial charge in [-0.3, -0.25) is 4.79 Å². The minimum Gasteiger partial charge on any atom is -0.486 e. The predicted molar refractivity (Wildman–Crippen MR) is 119 cm³/mol. The standard InChI is InChI=1S/C26H28O4/c1-20-8-7-12-23(29-22-9-3-2-4-10-22)11-5-6-13-25(20)30-24-17-14-21(15-18-24)16-19-26(27)28/h2-4,7-11,14-15,17-18,25H,1,5-6,12-13,16,19H2,(H,27,28)/b8-7-,23-11+. The first-order valence-corrected chi connectivity index (χ1v) is 10.3. The summed E-state index contributed by atoms with van der Waals surface area (Å²) in [4.78, 5) is 10.7. The highest BCUT2D eigenvalue weighted by molar-refractivity contribution is 5.67. The van der Waals surface area contributed by atoms with E-state index in [0.717, 1.165) is 47.7 Å². The lowest BCUT2D eigenvalue weighted by atomic mass is 10.0. The first-order valence-electron chi connectivity index (χ1n) is 10.3. The number of allylic oxidation sites excluding steroid dienone is 2. The molecule has 0 heterocycles. The van der Waals surface area contributed by atoms with Crippen LogP contribution in [0.1, 0.15) is 37.7 Å². The van der Waals surface area contributed by atoms with E-state index in [1.54, 1.807) is 0 Å². The molecule has 0 radical (unpaired) electrons. The Balaban J connectivity index is 1.57. The lowest BCUT2D eigenvalue weighted by Crippen LogP contribution is -2.18. The van der Waals surface area contributed by atoms with Crippen LogP contribution in [-0.4, -0.2) is 17.2 Å². The summed E-state index contributed by atoms with van der Waals surface area (Å²) in [5.74, 6) is 1.78. The molecule has 0 amide bonds. The van der Waals surface area contributed by atoms with Gasteiger partial charge in [-0.2, -0.15) is 0 Å². The molecular weight excluding hydrogens is 376 g/mol. The van der Waals surface area contributed by atoms with Crippen LogP contribution >= 0.6 is 0 Å². The number of rotatable bonds is 7. The fourth-order valence-electron chi connectivity index (χ4n) is 3.28. The second-order valence-electron chi connectivity index (χ2n) is 7.34. The van der Waals surface area contributed by atoms with Crippen molar-refractivity contribution in [3.63, 3.8) is 0 Å². The molecule has 1 aliphatic rings. The van der Waals surface area contributed by atoms with E-state index < -0.39 is 5.97 Å². The number of carboxylic acid groups (broad SMARTS) is 1. The van der Waals surface area contributed by atoms with Crippen LogP contribution in [0.2, 0.25) is 0 Å². The summed E-state index contributed by atoms with van der Waals surface area (Å²) in [5, 5.41) is 8.80. The summed E-state index contributed by atoms with van der Waals surface area (Å²) in [7, 11) is 0. The Morgan fingerprint density at radius 1 is 1.07 bits per heavy atom. The number of aryl methyl sites for hydroxylation is 1. The molecule has 0 aromatic heterocycles. The summed E-state index contributed by atoms with van der Waals surface area (Å²) >= 11 is 0. The van der Waals surface area contributed by atoms with Crippen molar-refractivity contribution in [2.45, 2.75) is 44.6 Å². The highest BCUT2D eigenvalue weighted by atomic mass is 16.5. The molecule has 2 aromatic rings. The van der Waals surface area contributed by atoms with E-state index in [1.165, 1.54) is 0 Å². The number of carbonyl (C=O) groups is 1. The van der Waals surface area contributed by atoms with Gasteiger partial charge in [0.2, 0.25) is 0 Å². The summed E-state index contributed by atoms with van der Waals surface area (Å²) in [6.45, 7) is 4.20. The lowest BCUT2D eigenvalue weighted by molar-refractivity contribution is -0.136. The van der Waals surface area contributed by atoms with Crippen LogP contribution in [0.25, 0.3) is 0 Å². The number of para-hydroxylation sites is 1. The Morgan fingerprint density at radius 2 is 1.83 bits per heavy atom.